The minimum Gasteiger partial charge on any atom is -0.482 e. The van der Waals surface area contributed by atoms with E-state index in [9.17, 15) is 18.0 Å². The van der Waals surface area contributed by atoms with Gasteiger partial charge in [-0.15, -0.1) is 0 Å². The molecule has 2 atom stereocenters. The Morgan fingerprint density at radius 3 is 2.57 bits per heavy atom. The second kappa shape index (κ2) is 4.62. The SMILES string of the molecule is CS(=O)(=O)N1C[C@H](C2OC(=O)NC2=O)Oc2ccccc21. The third-order valence-corrected chi connectivity index (χ3v) is 4.36. The van der Waals surface area contributed by atoms with E-state index in [1.165, 1.54) is 0 Å². The Balaban J connectivity index is 1.98. The summed E-state index contributed by atoms with van der Waals surface area (Å²) in [5.41, 5.74) is 0.390. The highest BCUT2D eigenvalue weighted by Crippen LogP contribution is 2.35. The first-order valence-corrected chi connectivity index (χ1v) is 7.96. The van der Waals surface area contributed by atoms with Gasteiger partial charge in [0.15, 0.2) is 6.10 Å². The Hall–Kier alpha value is -2.29. The number of alkyl carbamates (subject to hydrolysis) is 1. The van der Waals surface area contributed by atoms with E-state index in [0.29, 0.717) is 11.4 Å². The number of imide groups is 1. The summed E-state index contributed by atoms with van der Waals surface area (Å²) in [6.45, 7) is -0.110. The van der Waals surface area contributed by atoms with Crippen LogP contribution in [0.25, 0.3) is 0 Å². The number of hydrogen-bond donors (Lipinski definition) is 1. The van der Waals surface area contributed by atoms with Crippen LogP contribution in [0.15, 0.2) is 24.3 Å². The summed E-state index contributed by atoms with van der Waals surface area (Å²) in [5, 5.41) is 1.99. The molecule has 3 rings (SSSR count). The predicted octanol–water partition coefficient (Wildman–Crippen LogP) is -0.151. The number of hydrogen-bond acceptors (Lipinski definition) is 6. The van der Waals surface area contributed by atoms with Gasteiger partial charge in [0, 0.05) is 0 Å². The third-order valence-electron chi connectivity index (χ3n) is 3.21. The molecule has 9 heteroatoms. The van der Waals surface area contributed by atoms with E-state index in [1.807, 2.05) is 5.32 Å². The molecule has 0 spiro atoms. The second-order valence-corrected chi connectivity index (χ2v) is 6.64. The fourth-order valence-corrected chi connectivity index (χ4v) is 3.24. The van der Waals surface area contributed by atoms with E-state index in [0.717, 1.165) is 10.6 Å². The number of anilines is 1. The number of cyclic esters (lactones) is 1. The number of carbonyl (C=O) groups is 2. The van der Waals surface area contributed by atoms with Crippen molar-refractivity contribution in [2.45, 2.75) is 12.2 Å². The summed E-state index contributed by atoms with van der Waals surface area (Å²) in [5.74, 6) is -0.326. The summed E-state index contributed by atoms with van der Waals surface area (Å²) in [6, 6.07) is 6.56. The van der Waals surface area contributed by atoms with Crippen molar-refractivity contribution >= 4 is 27.7 Å². The number of amides is 2. The van der Waals surface area contributed by atoms with Crippen molar-refractivity contribution < 1.29 is 27.5 Å². The largest absolute Gasteiger partial charge is 0.482 e. The van der Waals surface area contributed by atoms with Gasteiger partial charge in [-0.1, -0.05) is 12.1 Å². The van der Waals surface area contributed by atoms with Gasteiger partial charge in [-0.3, -0.25) is 14.4 Å². The van der Waals surface area contributed by atoms with Crippen LogP contribution < -0.4 is 14.4 Å². The first kappa shape index (κ1) is 13.7. The molecule has 1 saturated heterocycles. The lowest BCUT2D eigenvalue weighted by Crippen LogP contribution is -2.50. The maximum absolute atomic E-state index is 11.9. The maximum atomic E-state index is 11.9. The van der Waals surface area contributed by atoms with Crippen molar-refractivity contribution in [3.05, 3.63) is 24.3 Å². The minimum absolute atomic E-state index is 0.110. The lowest BCUT2D eigenvalue weighted by atomic mass is 10.1. The molecule has 21 heavy (non-hydrogen) atoms. The summed E-state index contributed by atoms with van der Waals surface area (Å²) in [4.78, 5) is 22.7. The van der Waals surface area contributed by atoms with E-state index in [4.69, 9.17) is 9.47 Å². The molecular formula is C12H12N2O6S. The number of nitrogens with zero attached hydrogens (tertiary/aromatic N) is 1. The van der Waals surface area contributed by atoms with Gasteiger partial charge in [0.05, 0.1) is 18.5 Å². The highest BCUT2D eigenvalue weighted by atomic mass is 32.2. The zero-order chi connectivity index (χ0) is 15.2. The van der Waals surface area contributed by atoms with E-state index in [1.54, 1.807) is 24.3 Å². The van der Waals surface area contributed by atoms with Gasteiger partial charge in [-0.25, -0.2) is 13.2 Å². The summed E-state index contributed by atoms with van der Waals surface area (Å²) >= 11 is 0. The molecule has 1 N–H and O–H groups in total. The Kier molecular flexibility index (Phi) is 3.01. The third kappa shape index (κ3) is 2.40. The van der Waals surface area contributed by atoms with Crippen LogP contribution in [0.5, 0.6) is 5.75 Å². The van der Waals surface area contributed by atoms with Crippen LogP contribution in [0.1, 0.15) is 0 Å². The number of sulfonamides is 1. The Labute approximate surface area is 120 Å². The predicted molar refractivity (Wildman–Crippen MR) is 71.5 cm³/mol. The molecule has 2 aliphatic rings. The Morgan fingerprint density at radius 2 is 1.95 bits per heavy atom. The molecule has 1 unspecified atom stereocenters. The highest BCUT2D eigenvalue weighted by Gasteiger charge is 2.44. The average molecular weight is 312 g/mol. The van der Waals surface area contributed by atoms with Gasteiger partial charge in [0.2, 0.25) is 16.1 Å². The van der Waals surface area contributed by atoms with Crippen molar-refractivity contribution in [3.8, 4) is 5.75 Å². The van der Waals surface area contributed by atoms with Gasteiger partial charge in [-0.05, 0) is 12.1 Å². The first-order chi connectivity index (χ1) is 9.86. The number of para-hydroxylation sites is 2. The molecule has 2 aliphatic heterocycles. The van der Waals surface area contributed by atoms with Crippen molar-refractivity contribution in [3.63, 3.8) is 0 Å². The van der Waals surface area contributed by atoms with E-state index >= 15 is 0 Å². The Morgan fingerprint density at radius 1 is 1.24 bits per heavy atom. The van der Waals surface area contributed by atoms with Crippen molar-refractivity contribution in [2.24, 2.45) is 0 Å². The number of fused-ring (bicyclic) bond motifs is 1. The molecule has 2 heterocycles. The van der Waals surface area contributed by atoms with E-state index < -0.39 is 34.2 Å². The molecule has 0 aliphatic carbocycles. The second-order valence-electron chi connectivity index (χ2n) is 4.73. The normalized spacial score (nSPS) is 24.9. The van der Waals surface area contributed by atoms with Gasteiger partial charge >= 0.3 is 6.09 Å². The zero-order valence-electron chi connectivity index (χ0n) is 11.0. The molecular weight excluding hydrogens is 300 g/mol. The van der Waals surface area contributed by atoms with Crippen LogP contribution in [-0.4, -0.2) is 45.4 Å². The van der Waals surface area contributed by atoms with Gasteiger partial charge in [0.25, 0.3) is 5.91 Å². The quantitative estimate of drug-likeness (QED) is 0.815. The van der Waals surface area contributed by atoms with Crippen LogP contribution in [0.3, 0.4) is 0 Å². The van der Waals surface area contributed by atoms with Gasteiger partial charge in [-0.2, -0.15) is 0 Å². The maximum Gasteiger partial charge on any atom is 0.414 e. The topological polar surface area (TPSA) is 102 Å². The number of nitrogens with one attached hydrogen (secondary N) is 1. The number of ether oxygens (including phenoxy) is 2. The minimum atomic E-state index is -3.55. The first-order valence-electron chi connectivity index (χ1n) is 6.11. The molecule has 1 aromatic rings. The van der Waals surface area contributed by atoms with Gasteiger partial charge < -0.3 is 9.47 Å². The molecule has 1 fully saturated rings. The Bertz CT molecular complexity index is 716. The van der Waals surface area contributed by atoms with Crippen molar-refractivity contribution in [1.82, 2.24) is 5.32 Å². The molecule has 1 aromatic carbocycles. The smallest absolute Gasteiger partial charge is 0.414 e. The van der Waals surface area contributed by atoms with Crippen LogP contribution in [-0.2, 0) is 19.6 Å². The standard InChI is InChI=1S/C12H12N2O6S/c1-21(17,18)14-6-9(10-11(15)13-12(16)20-10)19-8-5-3-2-4-7(8)14/h2-5,9-10H,6H2,1H3,(H,13,15,16)/t9-,10?/m1/s1. The number of benzene rings is 1. The summed E-state index contributed by atoms with van der Waals surface area (Å²) < 4.78 is 35.4. The molecule has 0 aromatic heterocycles. The molecule has 0 radical (unpaired) electrons. The zero-order valence-corrected chi connectivity index (χ0v) is 11.8. The van der Waals surface area contributed by atoms with Crippen LogP contribution in [0, 0.1) is 0 Å². The summed E-state index contributed by atoms with van der Waals surface area (Å²) in [6.07, 6.45) is -1.87. The summed E-state index contributed by atoms with van der Waals surface area (Å²) in [7, 11) is -3.55. The molecule has 8 nitrogen and oxygen atoms in total. The van der Waals surface area contributed by atoms with Crippen molar-refractivity contribution in [2.75, 3.05) is 17.1 Å². The lowest BCUT2D eigenvalue weighted by molar-refractivity contribution is -0.126. The van der Waals surface area contributed by atoms with Crippen molar-refractivity contribution in [1.29, 1.82) is 0 Å². The van der Waals surface area contributed by atoms with E-state index in [-0.39, 0.29) is 6.54 Å². The van der Waals surface area contributed by atoms with Crippen LogP contribution in [0.4, 0.5) is 10.5 Å². The highest BCUT2D eigenvalue weighted by molar-refractivity contribution is 7.92. The van der Waals surface area contributed by atoms with Crippen LogP contribution in [0.2, 0.25) is 0 Å². The number of rotatable bonds is 2. The van der Waals surface area contributed by atoms with E-state index in [2.05, 4.69) is 0 Å². The number of carbonyl (C=O) groups excluding carboxylic acids is 2. The molecule has 112 valence electrons. The fourth-order valence-electron chi connectivity index (χ4n) is 2.31. The monoisotopic (exact) mass is 312 g/mol. The fraction of sp³-hybridized carbons (Fsp3) is 0.333. The lowest BCUT2D eigenvalue weighted by Gasteiger charge is -2.35. The van der Waals surface area contributed by atoms with Crippen LogP contribution >= 0.6 is 0 Å². The molecule has 0 saturated carbocycles. The average Bonchev–Trinajstić information content (AvgIpc) is 2.75. The molecule has 2 amide bonds. The molecule has 0 bridgehead atoms. The van der Waals surface area contributed by atoms with Gasteiger partial charge in [0.1, 0.15) is 5.75 Å².